The largest absolute Gasteiger partial charge is 0.456 e. The molecule has 0 atom stereocenters. The van der Waals surface area contributed by atoms with Crippen LogP contribution in [0.25, 0.3) is 86.6 Å². The van der Waals surface area contributed by atoms with Crippen molar-refractivity contribution < 1.29 is 4.42 Å². The van der Waals surface area contributed by atoms with Gasteiger partial charge in [0.25, 0.3) is 0 Å². The van der Waals surface area contributed by atoms with Crippen molar-refractivity contribution in [2.75, 3.05) is 4.90 Å². The smallest absolute Gasteiger partial charge is 0.135 e. The maximum absolute atomic E-state index is 6.17. The second-order valence-corrected chi connectivity index (χ2v) is 15.5. The Labute approximate surface area is 335 Å². The molecule has 2 heterocycles. The molecule has 0 saturated heterocycles. The van der Waals surface area contributed by atoms with E-state index in [1.54, 1.807) is 0 Å². The molecule has 3 heteroatoms. The summed E-state index contributed by atoms with van der Waals surface area (Å²) in [5.74, 6) is 0. The van der Waals surface area contributed by atoms with Gasteiger partial charge in [-0.05, 0) is 87.5 Å². The molecule has 0 bridgehead atoms. The summed E-state index contributed by atoms with van der Waals surface area (Å²) in [7, 11) is 0. The Morgan fingerprint density at radius 2 is 0.930 bits per heavy atom. The topological polar surface area (TPSA) is 16.4 Å². The Hall–Kier alpha value is -7.20. The number of benzene rings is 9. The Kier molecular flexibility index (Phi) is 8.04. The summed E-state index contributed by atoms with van der Waals surface area (Å²) in [5, 5.41) is 4.81. The first kappa shape index (κ1) is 33.2. The Morgan fingerprint density at radius 1 is 0.351 bits per heavy atom. The number of para-hydroxylation sites is 1. The first-order chi connectivity index (χ1) is 28.3. The van der Waals surface area contributed by atoms with Crippen molar-refractivity contribution >= 4 is 70.5 Å². The molecule has 11 rings (SSSR count). The second kappa shape index (κ2) is 13.8. The van der Waals surface area contributed by atoms with Crippen LogP contribution in [0, 0.1) is 0 Å². The molecule has 57 heavy (non-hydrogen) atoms. The number of fused-ring (bicyclic) bond motifs is 6. The molecule has 2 aromatic heterocycles. The third kappa shape index (κ3) is 5.71. The van der Waals surface area contributed by atoms with Crippen molar-refractivity contribution in [3.8, 4) is 44.5 Å². The van der Waals surface area contributed by atoms with Gasteiger partial charge >= 0.3 is 0 Å². The van der Waals surface area contributed by atoms with Crippen LogP contribution in [0.15, 0.2) is 217 Å². The van der Waals surface area contributed by atoms with Crippen LogP contribution in [0.2, 0.25) is 0 Å². The van der Waals surface area contributed by atoms with E-state index in [0.717, 1.165) is 50.1 Å². The first-order valence-corrected chi connectivity index (χ1v) is 20.2. The van der Waals surface area contributed by atoms with Gasteiger partial charge in [-0.25, -0.2) is 0 Å². The fourth-order valence-electron chi connectivity index (χ4n) is 8.46. The summed E-state index contributed by atoms with van der Waals surface area (Å²) in [6.07, 6.45) is 0. The van der Waals surface area contributed by atoms with Crippen LogP contribution < -0.4 is 4.90 Å². The number of rotatable bonds is 7. The van der Waals surface area contributed by atoms with Gasteiger partial charge in [0.15, 0.2) is 0 Å². The van der Waals surface area contributed by atoms with Gasteiger partial charge < -0.3 is 9.32 Å². The molecule has 9 aromatic carbocycles. The summed E-state index contributed by atoms with van der Waals surface area (Å²) in [6, 6.07) is 76.6. The fraction of sp³-hybridized carbons (Fsp3) is 0. The Balaban J connectivity index is 1.16. The van der Waals surface area contributed by atoms with E-state index in [0.29, 0.717) is 0 Å². The second-order valence-electron chi connectivity index (χ2n) is 14.4. The van der Waals surface area contributed by atoms with Gasteiger partial charge in [0.1, 0.15) is 11.2 Å². The zero-order valence-corrected chi connectivity index (χ0v) is 31.8. The molecule has 2 nitrogen and oxygen atoms in total. The van der Waals surface area contributed by atoms with Gasteiger partial charge in [-0.15, -0.1) is 11.3 Å². The van der Waals surface area contributed by atoms with Crippen LogP contribution >= 0.6 is 11.3 Å². The summed E-state index contributed by atoms with van der Waals surface area (Å²) in [5.41, 5.74) is 14.6. The van der Waals surface area contributed by atoms with Gasteiger partial charge in [-0.3, -0.25) is 0 Å². The highest BCUT2D eigenvalue weighted by molar-refractivity contribution is 7.26. The van der Waals surface area contributed by atoms with Crippen molar-refractivity contribution in [2.45, 2.75) is 0 Å². The maximum Gasteiger partial charge on any atom is 0.135 e. The summed E-state index contributed by atoms with van der Waals surface area (Å²) < 4.78 is 8.71. The molecule has 0 saturated carbocycles. The van der Waals surface area contributed by atoms with Crippen molar-refractivity contribution in [1.29, 1.82) is 0 Å². The van der Waals surface area contributed by atoms with Gasteiger partial charge in [0.05, 0.1) is 16.1 Å². The minimum Gasteiger partial charge on any atom is -0.456 e. The summed E-state index contributed by atoms with van der Waals surface area (Å²) in [4.78, 5) is 2.48. The maximum atomic E-state index is 6.17. The molecule has 0 radical (unpaired) electrons. The zero-order chi connectivity index (χ0) is 37.7. The normalized spacial score (nSPS) is 11.5. The molecule has 0 N–H and O–H groups in total. The summed E-state index contributed by atoms with van der Waals surface area (Å²) in [6.45, 7) is 0. The first-order valence-electron chi connectivity index (χ1n) is 19.3. The molecule has 0 aliphatic rings. The fourth-order valence-corrected chi connectivity index (χ4v) is 9.67. The Morgan fingerprint density at radius 3 is 1.74 bits per heavy atom. The molecular formula is C54H35NOS. The highest BCUT2D eigenvalue weighted by Crippen LogP contribution is 2.51. The third-order valence-corrected chi connectivity index (χ3v) is 12.3. The lowest BCUT2D eigenvalue weighted by Crippen LogP contribution is -2.12. The quantitative estimate of drug-likeness (QED) is 0.162. The zero-order valence-electron chi connectivity index (χ0n) is 31.0. The molecule has 0 amide bonds. The van der Waals surface area contributed by atoms with E-state index in [1.807, 2.05) is 23.5 Å². The SMILES string of the molecule is c1ccc(-c2ccccc2-c2c(-c3ccccc3)cccc2N(c2ccc(-c3ccc4oc5ccccc5c4c3)cc2)c2cccc3c2sc2ccccc23)cc1. The van der Waals surface area contributed by atoms with Crippen LogP contribution in [0.3, 0.4) is 0 Å². The van der Waals surface area contributed by atoms with E-state index in [2.05, 4.69) is 205 Å². The number of thiophene rings is 1. The predicted molar refractivity (Wildman–Crippen MR) is 243 cm³/mol. The van der Waals surface area contributed by atoms with Gasteiger partial charge in [-0.1, -0.05) is 164 Å². The van der Waals surface area contributed by atoms with Crippen LogP contribution in [0.1, 0.15) is 0 Å². The van der Waals surface area contributed by atoms with Crippen molar-refractivity contribution in [2.24, 2.45) is 0 Å². The monoisotopic (exact) mass is 745 g/mol. The van der Waals surface area contributed by atoms with E-state index in [-0.39, 0.29) is 0 Å². The third-order valence-electron chi connectivity index (χ3n) is 11.1. The molecule has 0 spiro atoms. The lowest BCUT2D eigenvalue weighted by Gasteiger charge is -2.30. The molecule has 11 aromatic rings. The average molecular weight is 746 g/mol. The highest BCUT2D eigenvalue weighted by atomic mass is 32.1. The molecule has 0 unspecified atom stereocenters. The molecular weight excluding hydrogens is 711 g/mol. The number of hydrogen-bond acceptors (Lipinski definition) is 3. The number of anilines is 3. The number of nitrogens with zero attached hydrogens (tertiary/aromatic N) is 1. The van der Waals surface area contributed by atoms with Crippen LogP contribution in [-0.4, -0.2) is 0 Å². The Bertz CT molecular complexity index is 3230. The lowest BCUT2D eigenvalue weighted by molar-refractivity contribution is 0.669. The molecule has 0 fully saturated rings. The lowest BCUT2D eigenvalue weighted by atomic mass is 9.87. The predicted octanol–water partition coefficient (Wildman–Crippen LogP) is 16.1. The van der Waals surface area contributed by atoms with Crippen LogP contribution in [-0.2, 0) is 0 Å². The van der Waals surface area contributed by atoms with Gasteiger partial charge in [0, 0.05) is 37.5 Å². The van der Waals surface area contributed by atoms with E-state index in [4.69, 9.17) is 4.42 Å². The summed E-state index contributed by atoms with van der Waals surface area (Å²) >= 11 is 1.86. The van der Waals surface area contributed by atoms with Crippen LogP contribution in [0.5, 0.6) is 0 Å². The van der Waals surface area contributed by atoms with Gasteiger partial charge in [-0.2, -0.15) is 0 Å². The van der Waals surface area contributed by atoms with E-state index in [9.17, 15) is 0 Å². The number of hydrogen-bond donors (Lipinski definition) is 0. The minimum absolute atomic E-state index is 0.904. The van der Waals surface area contributed by atoms with E-state index >= 15 is 0 Å². The van der Waals surface area contributed by atoms with Crippen molar-refractivity contribution in [3.05, 3.63) is 212 Å². The van der Waals surface area contributed by atoms with E-state index in [1.165, 1.54) is 53.6 Å². The molecule has 0 aliphatic heterocycles. The number of furan rings is 1. The average Bonchev–Trinajstić information content (AvgIpc) is 3.86. The standard InChI is InChI=1S/C54H35NOS/c1-3-15-37(16-4-1)41-19-7-8-22-45(41)53-42(38-17-5-2-6-18-38)23-13-25-48(53)55(49-26-14-24-46-44-21-10-12-28-52(44)57-54(46)49)40-32-29-36(30-33-40)39-31-34-51-47(35-39)43-20-9-11-27-50(43)56-51/h1-35H. The van der Waals surface area contributed by atoms with Crippen LogP contribution in [0.4, 0.5) is 17.1 Å². The molecule has 268 valence electrons. The minimum atomic E-state index is 0.904. The highest BCUT2D eigenvalue weighted by Gasteiger charge is 2.25. The van der Waals surface area contributed by atoms with Crippen molar-refractivity contribution in [1.82, 2.24) is 0 Å². The van der Waals surface area contributed by atoms with Gasteiger partial charge in [0.2, 0.25) is 0 Å². The molecule has 0 aliphatic carbocycles. The van der Waals surface area contributed by atoms with E-state index < -0.39 is 0 Å². The van der Waals surface area contributed by atoms with Crippen molar-refractivity contribution in [3.63, 3.8) is 0 Å².